The molecule has 0 saturated heterocycles. The van der Waals surface area contributed by atoms with Crippen molar-refractivity contribution in [3.63, 3.8) is 0 Å². The normalized spacial score (nSPS) is 10.9. The highest BCUT2D eigenvalue weighted by Gasteiger charge is 2.05. The summed E-state index contributed by atoms with van der Waals surface area (Å²) in [6.07, 6.45) is 8.14. The number of allylic oxidation sites excluding steroid dienone is 3. The Balaban J connectivity index is 1.69. The SMILES string of the molecule is COc1ccc(NCCNC(=O)c2ccc(OCC=C(C)CCC=C(C)C)cc2)cn1. The molecule has 0 radical (unpaired) electrons. The van der Waals surface area contributed by atoms with Gasteiger partial charge in [0.2, 0.25) is 5.88 Å². The zero-order chi connectivity index (χ0) is 22.5. The number of rotatable bonds is 12. The van der Waals surface area contributed by atoms with Crippen LogP contribution in [0.2, 0.25) is 0 Å². The molecule has 0 saturated carbocycles. The third kappa shape index (κ3) is 9.38. The van der Waals surface area contributed by atoms with E-state index in [0.717, 1.165) is 24.3 Å². The van der Waals surface area contributed by atoms with Crippen LogP contribution in [0.25, 0.3) is 0 Å². The van der Waals surface area contributed by atoms with Crippen molar-refractivity contribution in [1.29, 1.82) is 0 Å². The van der Waals surface area contributed by atoms with Gasteiger partial charge in [-0.3, -0.25) is 4.79 Å². The van der Waals surface area contributed by atoms with E-state index < -0.39 is 0 Å². The van der Waals surface area contributed by atoms with Crippen LogP contribution in [0.1, 0.15) is 44.0 Å². The van der Waals surface area contributed by atoms with Gasteiger partial charge in [-0.15, -0.1) is 0 Å². The van der Waals surface area contributed by atoms with Gasteiger partial charge in [-0.2, -0.15) is 0 Å². The van der Waals surface area contributed by atoms with Crippen molar-refractivity contribution >= 4 is 11.6 Å². The van der Waals surface area contributed by atoms with Crippen LogP contribution in [0.4, 0.5) is 5.69 Å². The molecule has 0 fully saturated rings. The second-order valence-electron chi connectivity index (χ2n) is 7.48. The van der Waals surface area contributed by atoms with E-state index in [1.54, 1.807) is 31.5 Å². The van der Waals surface area contributed by atoms with Crippen molar-refractivity contribution in [2.75, 3.05) is 32.1 Å². The van der Waals surface area contributed by atoms with Crippen molar-refractivity contribution in [3.8, 4) is 11.6 Å². The molecule has 166 valence electrons. The zero-order valence-electron chi connectivity index (χ0n) is 18.9. The zero-order valence-corrected chi connectivity index (χ0v) is 18.9. The minimum absolute atomic E-state index is 0.115. The van der Waals surface area contributed by atoms with E-state index in [1.807, 2.05) is 18.2 Å². The van der Waals surface area contributed by atoms with Gasteiger partial charge in [0.25, 0.3) is 5.91 Å². The summed E-state index contributed by atoms with van der Waals surface area (Å²) in [5.41, 5.74) is 4.14. The van der Waals surface area contributed by atoms with Crippen molar-refractivity contribution in [2.24, 2.45) is 0 Å². The Morgan fingerprint density at radius 2 is 1.81 bits per heavy atom. The maximum atomic E-state index is 12.3. The lowest BCUT2D eigenvalue weighted by Gasteiger charge is -2.09. The minimum Gasteiger partial charge on any atom is -0.490 e. The number of nitrogens with one attached hydrogen (secondary N) is 2. The summed E-state index contributed by atoms with van der Waals surface area (Å²) in [6, 6.07) is 10.9. The number of anilines is 1. The highest BCUT2D eigenvalue weighted by Crippen LogP contribution is 2.13. The minimum atomic E-state index is -0.115. The van der Waals surface area contributed by atoms with E-state index in [2.05, 4.69) is 48.5 Å². The summed E-state index contributed by atoms with van der Waals surface area (Å²) in [5, 5.41) is 6.10. The number of ether oxygens (including phenoxy) is 2. The number of benzene rings is 1. The summed E-state index contributed by atoms with van der Waals surface area (Å²) < 4.78 is 10.8. The first kappa shape index (κ1) is 24.0. The second-order valence-corrected chi connectivity index (χ2v) is 7.48. The van der Waals surface area contributed by atoms with Gasteiger partial charge >= 0.3 is 0 Å². The van der Waals surface area contributed by atoms with E-state index in [0.29, 0.717) is 31.1 Å². The maximum Gasteiger partial charge on any atom is 0.251 e. The van der Waals surface area contributed by atoms with Crippen molar-refractivity contribution in [1.82, 2.24) is 10.3 Å². The molecule has 0 spiro atoms. The summed E-state index contributed by atoms with van der Waals surface area (Å²) in [7, 11) is 1.58. The second kappa shape index (κ2) is 13.1. The van der Waals surface area contributed by atoms with Crippen LogP contribution in [-0.2, 0) is 0 Å². The molecule has 1 aromatic heterocycles. The fraction of sp³-hybridized carbons (Fsp3) is 0.360. The molecule has 0 aliphatic rings. The highest BCUT2D eigenvalue weighted by molar-refractivity contribution is 5.94. The average molecular weight is 424 g/mol. The van der Waals surface area contributed by atoms with E-state index >= 15 is 0 Å². The predicted octanol–water partition coefficient (Wildman–Crippen LogP) is 5.00. The van der Waals surface area contributed by atoms with Crippen LogP contribution < -0.4 is 20.1 Å². The first-order chi connectivity index (χ1) is 15.0. The Hall–Kier alpha value is -3.28. The van der Waals surface area contributed by atoms with Gasteiger partial charge in [0.15, 0.2) is 0 Å². The fourth-order valence-electron chi connectivity index (χ4n) is 2.76. The number of pyridine rings is 1. The Kier molecular flexibility index (Phi) is 10.1. The number of amides is 1. The third-order valence-electron chi connectivity index (χ3n) is 4.57. The number of hydrogen-bond donors (Lipinski definition) is 2. The summed E-state index contributed by atoms with van der Waals surface area (Å²) in [4.78, 5) is 16.4. The van der Waals surface area contributed by atoms with Crippen molar-refractivity contribution in [2.45, 2.75) is 33.6 Å². The van der Waals surface area contributed by atoms with E-state index in [9.17, 15) is 4.79 Å². The number of carbonyl (C=O) groups is 1. The molecule has 0 unspecified atom stereocenters. The maximum absolute atomic E-state index is 12.3. The largest absolute Gasteiger partial charge is 0.490 e. The molecule has 0 bridgehead atoms. The number of hydrogen-bond acceptors (Lipinski definition) is 5. The van der Waals surface area contributed by atoms with Gasteiger partial charge in [0.1, 0.15) is 12.4 Å². The standard InChI is InChI=1S/C25H33N3O3/c1-19(2)6-5-7-20(3)14-17-31-23-11-8-21(9-12-23)25(29)27-16-15-26-22-10-13-24(30-4)28-18-22/h6,8-14,18,26H,5,7,15-17H2,1-4H3,(H,27,29). The smallest absolute Gasteiger partial charge is 0.251 e. The van der Waals surface area contributed by atoms with Crippen LogP contribution in [0.15, 0.2) is 65.9 Å². The molecule has 2 aromatic rings. The van der Waals surface area contributed by atoms with Crippen molar-refractivity contribution < 1.29 is 14.3 Å². The van der Waals surface area contributed by atoms with Crippen LogP contribution in [0.5, 0.6) is 11.6 Å². The first-order valence-electron chi connectivity index (χ1n) is 10.5. The van der Waals surface area contributed by atoms with E-state index in [-0.39, 0.29) is 5.91 Å². The monoisotopic (exact) mass is 423 g/mol. The lowest BCUT2D eigenvalue weighted by atomic mass is 10.1. The van der Waals surface area contributed by atoms with Crippen LogP contribution >= 0.6 is 0 Å². The highest BCUT2D eigenvalue weighted by atomic mass is 16.5. The molecular weight excluding hydrogens is 390 g/mol. The lowest BCUT2D eigenvalue weighted by Crippen LogP contribution is -2.28. The topological polar surface area (TPSA) is 72.5 Å². The van der Waals surface area contributed by atoms with Gasteiger partial charge in [-0.25, -0.2) is 4.98 Å². The van der Waals surface area contributed by atoms with Gasteiger partial charge in [-0.1, -0.05) is 17.2 Å². The van der Waals surface area contributed by atoms with E-state index in [1.165, 1.54) is 11.1 Å². The summed E-state index contributed by atoms with van der Waals surface area (Å²) >= 11 is 0. The van der Waals surface area contributed by atoms with Gasteiger partial charge in [0.05, 0.1) is 19.0 Å². The Bertz CT molecular complexity index is 868. The molecule has 1 aromatic carbocycles. The number of methoxy groups -OCH3 is 1. The fourth-order valence-corrected chi connectivity index (χ4v) is 2.76. The molecule has 0 aliphatic heterocycles. The molecule has 1 heterocycles. The Morgan fingerprint density at radius 3 is 2.45 bits per heavy atom. The molecule has 0 atom stereocenters. The quantitative estimate of drug-likeness (QED) is 0.371. The van der Waals surface area contributed by atoms with Crippen molar-refractivity contribution in [3.05, 3.63) is 71.5 Å². The van der Waals surface area contributed by atoms with Crippen LogP contribution in [-0.4, -0.2) is 37.7 Å². The molecular formula is C25H33N3O3. The molecule has 0 aliphatic carbocycles. The predicted molar refractivity (Wildman–Crippen MR) is 126 cm³/mol. The van der Waals surface area contributed by atoms with Gasteiger partial charge in [-0.05, 0) is 70.0 Å². The first-order valence-corrected chi connectivity index (χ1v) is 10.5. The molecule has 31 heavy (non-hydrogen) atoms. The van der Waals surface area contributed by atoms with Crippen LogP contribution in [0.3, 0.4) is 0 Å². The molecule has 6 nitrogen and oxygen atoms in total. The van der Waals surface area contributed by atoms with Gasteiger partial charge in [0, 0.05) is 24.7 Å². The molecule has 6 heteroatoms. The third-order valence-corrected chi connectivity index (χ3v) is 4.57. The molecule has 2 N–H and O–H groups in total. The lowest BCUT2D eigenvalue weighted by molar-refractivity contribution is 0.0955. The van der Waals surface area contributed by atoms with Gasteiger partial charge < -0.3 is 20.1 Å². The summed E-state index contributed by atoms with van der Waals surface area (Å²) in [6.45, 7) is 7.97. The number of aromatic nitrogens is 1. The summed E-state index contributed by atoms with van der Waals surface area (Å²) in [5.74, 6) is 1.20. The van der Waals surface area contributed by atoms with E-state index in [4.69, 9.17) is 9.47 Å². The number of carbonyl (C=O) groups excluding carboxylic acids is 1. The molecule has 1 amide bonds. The Morgan fingerprint density at radius 1 is 1.03 bits per heavy atom. The Labute approximate surface area is 185 Å². The molecule has 2 rings (SSSR count). The average Bonchev–Trinajstić information content (AvgIpc) is 2.77. The number of nitrogens with zero attached hydrogens (tertiary/aromatic N) is 1. The van der Waals surface area contributed by atoms with Crippen LogP contribution in [0, 0.1) is 0 Å².